The zero-order valence-corrected chi connectivity index (χ0v) is 18.6. The molecule has 2 aliphatic rings. The van der Waals surface area contributed by atoms with Gasteiger partial charge in [0.2, 0.25) is 15.6 Å². The summed E-state index contributed by atoms with van der Waals surface area (Å²) in [6.07, 6.45) is 0.0854. The molecule has 7 nitrogen and oxygen atoms in total. The number of ether oxygens (including phenoxy) is 1. The number of amides is 2. The van der Waals surface area contributed by atoms with Crippen molar-refractivity contribution in [3.63, 3.8) is 0 Å². The van der Waals surface area contributed by atoms with Crippen molar-refractivity contribution in [3.05, 3.63) is 35.9 Å². The third kappa shape index (κ3) is 4.40. The molecule has 1 N–H and O–H groups in total. The first kappa shape index (κ1) is 22.3. The van der Waals surface area contributed by atoms with Crippen molar-refractivity contribution in [1.29, 1.82) is 0 Å². The molecule has 158 valence electrons. The van der Waals surface area contributed by atoms with Crippen molar-refractivity contribution in [1.82, 2.24) is 10.2 Å². The van der Waals surface area contributed by atoms with Crippen molar-refractivity contribution >= 4 is 63.4 Å². The van der Waals surface area contributed by atoms with Gasteiger partial charge in [-0.3, -0.25) is 13.8 Å². The lowest BCUT2D eigenvalue weighted by molar-refractivity contribution is -0.164. The summed E-state index contributed by atoms with van der Waals surface area (Å²) >= 11 is 16.8. The Morgan fingerprint density at radius 1 is 1.24 bits per heavy atom. The van der Waals surface area contributed by atoms with Gasteiger partial charge in [0.1, 0.15) is 24.1 Å². The molecule has 0 bridgehead atoms. The van der Waals surface area contributed by atoms with E-state index in [1.807, 2.05) is 6.07 Å². The summed E-state index contributed by atoms with van der Waals surface area (Å²) in [5, 5.41) is 1.81. The first-order valence-electron chi connectivity index (χ1n) is 8.73. The number of alkyl halides is 3. The minimum Gasteiger partial charge on any atom is -0.460 e. The van der Waals surface area contributed by atoms with Gasteiger partial charge in [0, 0.05) is 0 Å². The van der Waals surface area contributed by atoms with E-state index in [1.165, 1.54) is 4.90 Å². The Hall–Kier alpha value is -1.35. The Balaban J connectivity index is 1.71. The van der Waals surface area contributed by atoms with Crippen molar-refractivity contribution in [2.75, 3.05) is 6.61 Å². The summed E-state index contributed by atoms with van der Waals surface area (Å²) in [4.78, 5) is 38.7. The number of carbonyl (C=O) groups excluding carboxylic acids is 3. The third-order valence-corrected chi connectivity index (χ3v) is 7.41. The second-order valence-electron chi connectivity index (χ2n) is 7.37. The fourth-order valence-electron chi connectivity index (χ4n) is 3.51. The monoisotopic (exact) mass is 480 g/mol. The lowest BCUT2D eigenvalue weighted by Crippen LogP contribution is -2.71. The lowest BCUT2D eigenvalue weighted by Gasteiger charge is -2.43. The zero-order valence-electron chi connectivity index (χ0n) is 15.6. The number of esters is 1. The van der Waals surface area contributed by atoms with E-state index in [0.29, 0.717) is 0 Å². The van der Waals surface area contributed by atoms with E-state index in [1.54, 1.807) is 38.1 Å². The molecule has 3 rings (SSSR count). The molecule has 1 aromatic carbocycles. The molecule has 2 amide bonds. The minimum atomic E-state index is -1.80. The molecule has 0 aromatic heterocycles. The van der Waals surface area contributed by atoms with E-state index < -0.39 is 55.3 Å². The van der Waals surface area contributed by atoms with Gasteiger partial charge in [-0.15, -0.1) is 0 Å². The molecule has 0 saturated carbocycles. The molecule has 4 atom stereocenters. The Bertz CT molecular complexity index is 859. The van der Waals surface area contributed by atoms with Crippen molar-refractivity contribution in [2.45, 2.75) is 46.3 Å². The maximum atomic E-state index is 13.0. The molecule has 2 fully saturated rings. The number of fused-ring (bicyclic) bond motifs is 1. The molecule has 1 unspecified atom stereocenters. The van der Waals surface area contributed by atoms with Gasteiger partial charge in [0.25, 0.3) is 0 Å². The van der Waals surface area contributed by atoms with Gasteiger partial charge in [-0.2, -0.15) is 0 Å². The highest BCUT2D eigenvalue weighted by Crippen LogP contribution is 2.44. The van der Waals surface area contributed by atoms with Crippen LogP contribution in [-0.2, 0) is 36.3 Å². The van der Waals surface area contributed by atoms with Crippen LogP contribution in [0.2, 0.25) is 0 Å². The van der Waals surface area contributed by atoms with Crippen LogP contribution in [0.3, 0.4) is 0 Å². The number of hydrogen-bond donors (Lipinski definition) is 1. The summed E-state index contributed by atoms with van der Waals surface area (Å²) in [5.41, 5.74) is 0.787. The van der Waals surface area contributed by atoms with Gasteiger partial charge >= 0.3 is 5.97 Å². The van der Waals surface area contributed by atoms with Crippen LogP contribution in [0.25, 0.3) is 0 Å². The quantitative estimate of drug-likeness (QED) is 0.393. The van der Waals surface area contributed by atoms with Crippen LogP contribution >= 0.6 is 34.8 Å². The number of nitrogens with one attached hydrogen (secondary N) is 1. The van der Waals surface area contributed by atoms with Gasteiger partial charge in [-0.05, 0) is 19.4 Å². The van der Waals surface area contributed by atoms with Gasteiger partial charge in [-0.1, -0.05) is 65.1 Å². The SMILES string of the molecule is CC1(C)[C@@H](C(=O)OCC(Cl)(Cl)Cl)N2C(=O)[C@@H](NC(=O)Cc3ccccc3)[C@H]2S1=O. The Morgan fingerprint density at radius 3 is 2.45 bits per heavy atom. The molecule has 0 spiro atoms. The normalized spacial score (nSPS) is 27.8. The average molecular weight is 482 g/mol. The molecule has 0 radical (unpaired) electrons. The number of hydrogen-bond acceptors (Lipinski definition) is 5. The van der Waals surface area contributed by atoms with E-state index in [-0.39, 0.29) is 12.3 Å². The molecular weight excluding hydrogens is 463 g/mol. The maximum Gasteiger partial charge on any atom is 0.330 e. The maximum absolute atomic E-state index is 13.0. The zero-order chi connectivity index (χ0) is 21.6. The van der Waals surface area contributed by atoms with Crippen LogP contribution in [0.15, 0.2) is 30.3 Å². The smallest absolute Gasteiger partial charge is 0.330 e. The lowest BCUT2D eigenvalue weighted by atomic mass is 9.96. The predicted octanol–water partition coefficient (Wildman–Crippen LogP) is 1.71. The van der Waals surface area contributed by atoms with Crippen LogP contribution in [0, 0.1) is 0 Å². The van der Waals surface area contributed by atoms with E-state index in [4.69, 9.17) is 39.5 Å². The number of nitrogens with zero attached hydrogens (tertiary/aromatic N) is 1. The second kappa shape index (κ2) is 8.06. The predicted molar refractivity (Wildman–Crippen MR) is 110 cm³/mol. The third-order valence-electron chi connectivity index (χ3n) is 4.88. The molecule has 2 saturated heterocycles. The number of carbonyl (C=O) groups is 3. The fraction of sp³-hybridized carbons (Fsp3) is 0.500. The fourth-order valence-corrected chi connectivity index (χ4v) is 5.59. The highest BCUT2D eigenvalue weighted by molar-refractivity contribution is 7.87. The van der Waals surface area contributed by atoms with Gasteiger partial charge < -0.3 is 15.0 Å². The van der Waals surface area contributed by atoms with E-state index in [0.717, 1.165) is 5.56 Å². The minimum absolute atomic E-state index is 0.0854. The van der Waals surface area contributed by atoms with Gasteiger partial charge in [0.05, 0.1) is 22.0 Å². The van der Waals surface area contributed by atoms with Crippen molar-refractivity contribution in [3.8, 4) is 0 Å². The van der Waals surface area contributed by atoms with Gasteiger partial charge in [-0.25, -0.2) is 4.79 Å². The molecule has 1 aromatic rings. The molecule has 2 heterocycles. The summed E-state index contributed by atoms with van der Waals surface area (Å²) in [7, 11) is -1.62. The molecular formula is C18H19Cl3N2O5S. The van der Waals surface area contributed by atoms with E-state index >= 15 is 0 Å². The van der Waals surface area contributed by atoms with Crippen LogP contribution in [0.4, 0.5) is 0 Å². The van der Waals surface area contributed by atoms with Gasteiger partial charge in [0.15, 0.2) is 0 Å². The summed E-state index contributed by atoms with van der Waals surface area (Å²) in [5.74, 6) is -1.67. The van der Waals surface area contributed by atoms with Crippen molar-refractivity contribution in [2.24, 2.45) is 0 Å². The summed E-state index contributed by atoms with van der Waals surface area (Å²) < 4.78 is 15.1. The molecule has 0 aliphatic carbocycles. The Kier molecular flexibility index (Phi) is 6.21. The number of benzene rings is 1. The standard InChI is InChI=1S/C18H19Cl3N2O5S/c1-17(2)13(16(26)28-9-18(19,20)21)23-14(25)12(15(23)29(17)27)22-11(24)8-10-6-4-3-5-7-10/h3-7,12-13,15H,8-9H2,1-2H3,(H,22,24)/t12-,13-,15-,29?/m1/s1. The van der Waals surface area contributed by atoms with E-state index in [2.05, 4.69) is 5.32 Å². The van der Waals surface area contributed by atoms with Crippen LogP contribution in [-0.4, -0.2) is 59.5 Å². The number of β-lactam (4-membered cyclic amide) rings is 1. The molecule has 29 heavy (non-hydrogen) atoms. The Morgan fingerprint density at radius 2 is 1.86 bits per heavy atom. The molecule has 11 heteroatoms. The van der Waals surface area contributed by atoms with Crippen molar-refractivity contribution < 1.29 is 23.3 Å². The average Bonchev–Trinajstić information content (AvgIpc) is 2.82. The topological polar surface area (TPSA) is 92.8 Å². The van der Waals surface area contributed by atoms with Crippen LogP contribution < -0.4 is 5.32 Å². The van der Waals surface area contributed by atoms with E-state index in [9.17, 15) is 18.6 Å². The van der Waals surface area contributed by atoms with Crippen LogP contribution in [0.1, 0.15) is 19.4 Å². The second-order valence-corrected chi connectivity index (χ2v) is 12.0. The number of rotatable bonds is 5. The number of halogens is 3. The largest absolute Gasteiger partial charge is 0.460 e. The first-order valence-corrected chi connectivity index (χ1v) is 11.1. The summed E-state index contributed by atoms with van der Waals surface area (Å²) in [6.45, 7) is 2.69. The highest BCUT2D eigenvalue weighted by atomic mass is 35.6. The molecule has 2 aliphatic heterocycles. The summed E-state index contributed by atoms with van der Waals surface area (Å²) in [6, 6.07) is 6.97. The Labute approximate surface area is 185 Å². The highest BCUT2D eigenvalue weighted by Gasteiger charge is 2.68. The van der Waals surface area contributed by atoms with Crippen LogP contribution in [0.5, 0.6) is 0 Å². The first-order chi connectivity index (χ1) is 13.4.